The molecule has 0 saturated carbocycles. The van der Waals surface area contributed by atoms with Crippen LogP contribution < -0.4 is 4.90 Å². The average Bonchev–Trinajstić information content (AvgIpc) is 2.71. The van der Waals surface area contributed by atoms with Gasteiger partial charge in [0, 0.05) is 30.4 Å². The molecule has 2 rings (SSSR count). The molecule has 3 nitrogen and oxygen atoms in total. The maximum atomic E-state index is 9.38. The summed E-state index contributed by atoms with van der Waals surface area (Å²) in [6.07, 6.45) is 0. The van der Waals surface area contributed by atoms with Crippen LogP contribution in [0.1, 0.15) is 12.5 Å². The second kappa shape index (κ2) is 5.07. The Labute approximate surface area is 104 Å². The topological polar surface area (TPSA) is 26.7 Å². The number of likely N-dealkylation sites (N-methyl/N-ethyl adjacent to an activating group) is 1. The lowest BCUT2D eigenvalue weighted by Crippen LogP contribution is -2.34. The maximum Gasteiger partial charge on any atom is 0.0702 e. The van der Waals surface area contributed by atoms with E-state index >= 15 is 0 Å². The van der Waals surface area contributed by atoms with Crippen molar-refractivity contribution in [2.24, 2.45) is 5.92 Å². The number of aliphatic hydroxyl groups is 1. The van der Waals surface area contributed by atoms with Crippen LogP contribution in [-0.4, -0.2) is 43.2 Å². The lowest BCUT2D eigenvalue weighted by molar-refractivity contribution is 0.266. The molecule has 1 aromatic rings. The lowest BCUT2D eigenvalue weighted by Gasteiger charge is -2.24. The van der Waals surface area contributed by atoms with Crippen LogP contribution in [0.25, 0.3) is 0 Å². The number of para-hydroxylation sites is 1. The van der Waals surface area contributed by atoms with Crippen molar-refractivity contribution in [3.63, 3.8) is 0 Å². The molecular weight excluding hydrogens is 212 g/mol. The summed E-state index contributed by atoms with van der Waals surface area (Å²) in [6, 6.07) is 8.74. The van der Waals surface area contributed by atoms with Gasteiger partial charge in [-0.15, -0.1) is 0 Å². The van der Waals surface area contributed by atoms with Gasteiger partial charge in [0.2, 0.25) is 0 Å². The summed E-state index contributed by atoms with van der Waals surface area (Å²) in [4.78, 5) is 4.69. The van der Waals surface area contributed by atoms with Crippen molar-refractivity contribution < 1.29 is 5.11 Å². The van der Waals surface area contributed by atoms with E-state index in [0.717, 1.165) is 18.7 Å². The minimum absolute atomic E-state index is 0.119. The van der Waals surface area contributed by atoms with Gasteiger partial charge in [0.15, 0.2) is 0 Å². The number of hydrogen-bond acceptors (Lipinski definition) is 3. The van der Waals surface area contributed by atoms with Crippen LogP contribution in [0.4, 0.5) is 5.69 Å². The fraction of sp³-hybridized carbons (Fsp3) is 0.571. The molecule has 1 fully saturated rings. The molecule has 0 aromatic heterocycles. The van der Waals surface area contributed by atoms with Crippen LogP contribution in [0.3, 0.4) is 0 Å². The van der Waals surface area contributed by atoms with Gasteiger partial charge in [-0.05, 0) is 26.1 Å². The summed E-state index contributed by atoms with van der Waals surface area (Å²) in [5, 5.41) is 9.38. The normalized spacial score (nSPS) is 24.6. The van der Waals surface area contributed by atoms with Crippen molar-refractivity contribution in [1.82, 2.24) is 4.90 Å². The first-order chi connectivity index (χ1) is 8.13. The van der Waals surface area contributed by atoms with Crippen LogP contribution in [0.2, 0.25) is 0 Å². The zero-order valence-electron chi connectivity index (χ0n) is 10.9. The highest BCUT2D eigenvalue weighted by Crippen LogP contribution is 2.28. The van der Waals surface area contributed by atoms with Crippen molar-refractivity contribution in [3.8, 4) is 0 Å². The van der Waals surface area contributed by atoms with Crippen LogP contribution >= 0.6 is 0 Å². The summed E-state index contributed by atoms with van der Waals surface area (Å²) in [6.45, 7) is 4.53. The number of aliphatic hydroxyl groups excluding tert-OH is 1. The molecule has 2 unspecified atom stereocenters. The summed E-state index contributed by atoms with van der Waals surface area (Å²) >= 11 is 0. The highest BCUT2D eigenvalue weighted by Gasteiger charge is 2.31. The predicted molar refractivity (Wildman–Crippen MR) is 71.2 cm³/mol. The third-order valence-electron chi connectivity index (χ3n) is 3.74. The van der Waals surface area contributed by atoms with E-state index in [1.807, 2.05) is 18.2 Å². The SMILES string of the molecule is CC1CN(c2ccccc2CO)CC1N(C)C. The third kappa shape index (κ3) is 2.45. The van der Waals surface area contributed by atoms with Crippen molar-refractivity contribution in [2.45, 2.75) is 19.6 Å². The van der Waals surface area contributed by atoms with Gasteiger partial charge in [0.1, 0.15) is 0 Å². The monoisotopic (exact) mass is 234 g/mol. The molecule has 0 radical (unpaired) electrons. The van der Waals surface area contributed by atoms with Crippen LogP contribution in [0, 0.1) is 5.92 Å². The summed E-state index contributed by atoms with van der Waals surface area (Å²) in [5.74, 6) is 0.664. The zero-order chi connectivity index (χ0) is 12.4. The molecule has 2 atom stereocenters. The van der Waals surface area contributed by atoms with Gasteiger partial charge in [-0.25, -0.2) is 0 Å². The van der Waals surface area contributed by atoms with Gasteiger partial charge in [-0.2, -0.15) is 0 Å². The Kier molecular flexibility index (Phi) is 3.69. The second-order valence-electron chi connectivity index (χ2n) is 5.20. The number of rotatable bonds is 3. The van der Waals surface area contributed by atoms with Crippen molar-refractivity contribution in [3.05, 3.63) is 29.8 Å². The van der Waals surface area contributed by atoms with Crippen molar-refractivity contribution in [2.75, 3.05) is 32.1 Å². The Morgan fingerprint density at radius 3 is 2.59 bits per heavy atom. The first kappa shape index (κ1) is 12.4. The highest BCUT2D eigenvalue weighted by molar-refractivity contribution is 5.54. The standard InChI is InChI=1S/C14H22N2O/c1-11-8-16(9-14(11)15(2)3)13-7-5-4-6-12(13)10-17/h4-7,11,14,17H,8-10H2,1-3H3. The fourth-order valence-corrected chi connectivity index (χ4v) is 2.77. The summed E-state index contributed by atoms with van der Waals surface area (Å²) in [5.41, 5.74) is 2.21. The second-order valence-corrected chi connectivity index (χ2v) is 5.20. The van der Waals surface area contributed by atoms with Gasteiger partial charge in [0.05, 0.1) is 6.61 Å². The smallest absolute Gasteiger partial charge is 0.0702 e. The number of benzene rings is 1. The molecule has 17 heavy (non-hydrogen) atoms. The molecule has 1 aromatic carbocycles. The average molecular weight is 234 g/mol. The minimum Gasteiger partial charge on any atom is -0.392 e. The molecule has 94 valence electrons. The van der Waals surface area contributed by atoms with E-state index in [2.05, 4.69) is 36.9 Å². The van der Waals surface area contributed by atoms with E-state index < -0.39 is 0 Å². The predicted octanol–water partition coefficient (Wildman–Crippen LogP) is 1.57. The molecule has 1 aliphatic heterocycles. The summed E-state index contributed by atoms with van der Waals surface area (Å²) < 4.78 is 0. The minimum atomic E-state index is 0.119. The fourth-order valence-electron chi connectivity index (χ4n) is 2.77. The van der Waals surface area contributed by atoms with Crippen LogP contribution in [-0.2, 0) is 6.61 Å². The van der Waals surface area contributed by atoms with Gasteiger partial charge in [-0.3, -0.25) is 0 Å². The Balaban J connectivity index is 2.19. The molecule has 0 amide bonds. The maximum absolute atomic E-state index is 9.38. The third-order valence-corrected chi connectivity index (χ3v) is 3.74. The number of hydrogen-bond donors (Lipinski definition) is 1. The first-order valence-electron chi connectivity index (χ1n) is 6.23. The number of anilines is 1. The zero-order valence-corrected chi connectivity index (χ0v) is 10.9. The van der Waals surface area contributed by atoms with E-state index in [0.29, 0.717) is 12.0 Å². The number of nitrogens with zero attached hydrogens (tertiary/aromatic N) is 2. The Bertz CT molecular complexity index is 378. The van der Waals surface area contributed by atoms with E-state index in [1.54, 1.807) is 0 Å². The quantitative estimate of drug-likeness (QED) is 0.860. The molecule has 1 saturated heterocycles. The van der Waals surface area contributed by atoms with Gasteiger partial charge in [-0.1, -0.05) is 25.1 Å². The van der Waals surface area contributed by atoms with Gasteiger partial charge < -0.3 is 14.9 Å². The Hall–Kier alpha value is -1.06. The van der Waals surface area contributed by atoms with E-state index in [1.165, 1.54) is 5.69 Å². The van der Waals surface area contributed by atoms with E-state index in [9.17, 15) is 5.11 Å². The van der Waals surface area contributed by atoms with Crippen molar-refractivity contribution >= 4 is 5.69 Å². The van der Waals surface area contributed by atoms with Crippen LogP contribution in [0.5, 0.6) is 0 Å². The van der Waals surface area contributed by atoms with Gasteiger partial charge >= 0.3 is 0 Å². The molecule has 1 N–H and O–H groups in total. The molecule has 0 bridgehead atoms. The Morgan fingerprint density at radius 1 is 1.29 bits per heavy atom. The molecule has 0 aliphatic carbocycles. The Morgan fingerprint density at radius 2 is 2.00 bits per heavy atom. The molecule has 1 aliphatic rings. The van der Waals surface area contributed by atoms with Crippen LogP contribution in [0.15, 0.2) is 24.3 Å². The molecule has 3 heteroatoms. The van der Waals surface area contributed by atoms with Gasteiger partial charge in [0.25, 0.3) is 0 Å². The van der Waals surface area contributed by atoms with Crippen molar-refractivity contribution in [1.29, 1.82) is 0 Å². The molecule has 0 spiro atoms. The first-order valence-corrected chi connectivity index (χ1v) is 6.23. The highest BCUT2D eigenvalue weighted by atomic mass is 16.3. The van der Waals surface area contributed by atoms with E-state index in [4.69, 9.17) is 0 Å². The largest absolute Gasteiger partial charge is 0.392 e. The van der Waals surface area contributed by atoms with E-state index in [-0.39, 0.29) is 6.61 Å². The molecular formula is C14H22N2O. The lowest BCUT2D eigenvalue weighted by atomic mass is 10.1. The molecule has 1 heterocycles. The summed E-state index contributed by atoms with van der Waals surface area (Å²) in [7, 11) is 4.28.